The zero-order valence-electron chi connectivity index (χ0n) is 13.7. The van der Waals surface area contributed by atoms with Crippen LogP contribution in [0.2, 0.25) is 0 Å². The molecule has 1 atom stereocenters. The van der Waals surface area contributed by atoms with E-state index in [1.807, 2.05) is 39.9 Å². The first-order chi connectivity index (χ1) is 11.7. The number of likely N-dealkylation sites (tertiary alicyclic amines) is 1. The average Bonchev–Trinajstić information content (AvgIpc) is 3.27. The predicted molar refractivity (Wildman–Crippen MR) is 89.2 cm³/mol. The number of pyridine rings is 1. The van der Waals surface area contributed by atoms with Gasteiger partial charge in [0.05, 0.1) is 24.7 Å². The molecule has 1 unspecified atom stereocenters. The molecule has 3 rings (SSSR count). The van der Waals surface area contributed by atoms with Gasteiger partial charge in [0, 0.05) is 32.2 Å². The number of nitriles is 1. The fraction of sp³-hybridized carbons (Fsp3) is 0.412. The van der Waals surface area contributed by atoms with Crippen LogP contribution in [0.4, 0.5) is 5.82 Å². The van der Waals surface area contributed by atoms with E-state index in [1.165, 1.54) is 6.20 Å². The summed E-state index contributed by atoms with van der Waals surface area (Å²) in [6.45, 7) is 1.80. The summed E-state index contributed by atoms with van der Waals surface area (Å²) in [6, 6.07) is 7.60. The van der Waals surface area contributed by atoms with Crippen LogP contribution in [0.3, 0.4) is 0 Å². The summed E-state index contributed by atoms with van der Waals surface area (Å²) in [7, 11) is 1.84. The number of nitrogens with zero attached hydrogens (tertiary/aromatic N) is 6. The van der Waals surface area contributed by atoms with Gasteiger partial charge < -0.3 is 9.80 Å². The maximum absolute atomic E-state index is 12.7. The maximum Gasteiger partial charge on any atom is 0.242 e. The van der Waals surface area contributed by atoms with Crippen molar-refractivity contribution in [1.29, 1.82) is 5.26 Å². The second-order valence-electron chi connectivity index (χ2n) is 5.98. The Morgan fingerprint density at radius 2 is 2.38 bits per heavy atom. The third-order valence-electron chi connectivity index (χ3n) is 4.29. The Morgan fingerprint density at radius 3 is 3.04 bits per heavy atom. The lowest BCUT2D eigenvalue weighted by molar-refractivity contribution is -0.130. The molecule has 0 aliphatic carbocycles. The highest BCUT2D eigenvalue weighted by atomic mass is 16.2. The number of amides is 1. The number of likely N-dealkylation sites (N-methyl/N-ethyl adjacent to an activating group) is 1. The summed E-state index contributed by atoms with van der Waals surface area (Å²) in [5.41, 5.74) is 0.511. The molecule has 1 saturated heterocycles. The number of aromatic nitrogens is 3. The second kappa shape index (κ2) is 7.13. The van der Waals surface area contributed by atoms with Gasteiger partial charge in [0.15, 0.2) is 0 Å². The van der Waals surface area contributed by atoms with Gasteiger partial charge in [-0.05, 0) is 31.0 Å². The van der Waals surface area contributed by atoms with Gasteiger partial charge in [-0.2, -0.15) is 10.4 Å². The first-order valence-electron chi connectivity index (χ1n) is 8.01. The van der Waals surface area contributed by atoms with Crippen LogP contribution in [-0.4, -0.2) is 51.8 Å². The van der Waals surface area contributed by atoms with Gasteiger partial charge in [0.2, 0.25) is 5.91 Å². The quantitative estimate of drug-likeness (QED) is 0.828. The molecule has 24 heavy (non-hydrogen) atoms. The highest BCUT2D eigenvalue weighted by molar-refractivity contribution is 5.81. The lowest BCUT2D eigenvalue weighted by atomic mass is 10.2. The Kier molecular flexibility index (Phi) is 4.75. The fourth-order valence-corrected chi connectivity index (χ4v) is 3.03. The average molecular weight is 324 g/mol. The van der Waals surface area contributed by atoms with Crippen molar-refractivity contribution < 1.29 is 4.79 Å². The van der Waals surface area contributed by atoms with Gasteiger partial charge >= 0.3 is 0 Å². The van der Waals surface area contributed by atoms with E-state index >= 15 is 0 Å². The molecule has 2 aromatic heterocycles. The van der Waals surface area contributed by atoms with Gasteiger partial charge in [-0.3, -0.25) is 9.48 Å². The summed E-state index contributed by atoms with van der Waals surface area (Å²) in [5.74, 6) is 0.781. The topological polar surface area (TPSA) is 78.0 Å². The van der Waals surface area contributed by atoms with Crippen molar-refractivity contribution in [2.75, 3.05) is 25.0 Å². The number of rotatable bonds is 5. The third kappa shape index (κ3) is 3.54. The fourth-order valence-electron chi connectivity index (χ4n) is 3.03. The van der Waals surface area contributed by atoms with Crippen LogP contribution < -0.4 is 4.90 Å². The van der Waals surface area contributed by atoms with Crippen LogP contribution >= 0.6 is 0 Å². The Morgan fingerprint density at radius 1 is 1.50 bits per heavy atom. The zero-order chi connectivity index (χ0) is 16.9. The summed E-state index contributed by atoms with van der Waals surface area (Å²) in [6.07, 6.45) is 7.23. The molecular formula is C17H20N6O. The Labute approximate surface area is 141 Å². The van der Waals surface area contributed by atoms with Crippen LogP contribution in [0, 0.1) is 11.3 Å². The lowest BCUT2D eigenvalue weighted by Crippen LogP contribution is -2.43. The third-order valence-corrected chi connectivity index (χ3v) is 4.29. The lowest BCUT2D eigenvalue weighted by Gasteiger charge is -2.27. The van der Waals surface area contributed by atoms with Crippen molar-refractivity contribution in [1.82, 2.24) is 19.7 Å². The summed E-state index contributed by atoms with van der Waals surface area (Å²) in [4.78, 5) is 20.7. The minimum atomic E-state index is 0.0957. The number of carbonyl (C=O) groups is 1. The van der Waals surface area contributed by atoms with Gasteiger partial charge in [0.1, 0.15) is 11.9 Å². The van der Waals surface area contributed by atoms with Gasteiger partial charge in [0.25, 0.3) is 0 Å². The molecule has 1 fully saturated rings. The smallest absolute Gasteiger partial charge is 0.242 e. The molecule has 7 heteroatoms. The SMILES string of the molecule is CN(CC(=O)N1CCCC1Cn1cccn1)c1ccc(C#N)cn1. The zero-order valence-corrected chi connectivity index (χ0v) is 13.7. The van der Waals surface area contributed by atoms with Gasteiger partial charge in [-0.15, -0.1) is 0 Å². The van der Waals surface area contributed by atoms with Crippen LogP contribution in [0.5, 0.6) is 0 Å². The van der Waals surface area contributed by atoms with Crippen LogP contribution in [0.15, 0.2) is 36.8 Å². The highest BCUT2D eigenvalue weighted by Crippen LogP contribution is 2.19. The summed E-state index contributed by atoms with van der Waals surface area (Å²) < 4.78 is 1.88. The number of hydrogen-bond acceptors (Lipinski definition) is 5. The molecule has 0 saturated carbocycles. The molecule has 2 aromatic rings. The molecule has 0 spiro atoms. The van der Waals surface area contributed by atoms with Gasteiger partial charge in [-0.1, -0.05) is 0 Å². The molecule has 7 nitrogen and oxygen atoms in total. The molecular weight excluding hydrogens is 304 g/mol. The van der Waals surface area contributed by atoms with Crippen molar-refractivity contribution >= 4 is 11.7 Å². The molecule has 0 radical (unpaired) electrons. The van der Waals surface area contributed by atoms with Crippen LogP contribution in [0.25, 0.3) is 0 Å². The van der Waals surface area contributed by atoms with Gasteiger partial charge in [-0.25, -0.2) is 4.98 Å². The highest BCUT2D eigenvalue weighted by Gasteiger charge is 2.29. The van der Waals surface area contributed by atoms with E-state index in [0.29, 0.717) is 11.4 Å². The van der Waals surface area contributed by atoms with Crippen molar-refractivity contribution in [3.63, 3.8) is 0 Å². The minimum Gasteiger partial charge on any atom is -0.350 e. The molecule has 1 aliphatic rings. The summed E-state index contributed by atoms with van der Waals surface area (Å²) in [5, 5.41) is 13.0. The minimum absolute atomic E-state index is 0.0957. The Bertz CT molecular complexity index is 719. The van der Waals surface area contributed by atoms with E-state index in [4.69, 9.17) is 5.26 Å². The molecule has 124 valence electrons. The Balaban J connectivity index is 1.61. The van der Waals surface area contributed by atoms with Crippen molar-refractivity contribution in [2.45, 2.75) is 25.4 Å². The largest absolute Gasteiger partial charge is 0.350 e. The number of hydrogen-bond donors (Lipinski definition) is 0. The van der Waals surface area contributed by atoms with E-state index < -0.39 is 0 Å². The van der Waals surface area contributed by atoms with Crippen molar-refractivity contribution in [3.8, 4) is 6.07 Å². The Hall–Kier alpha value is -2.88. The predicted octanol–water partition coefficient (Wildman–Crippen LogP) is 1.28. The van der Waals surface area contributed by atoms with E-state index in [-0.39, 0.29) is 18.5 Å². The van der Waals surface area contributed by atoms with E-state index in [0.717, 1.165) is 25.9 Å². The monoisotopic (exact) mass is 324 g/mol. The molecule has 1 amide bonds. The summed E-state index contributed by atoms with van der Waals surface area (Å²) >= 11 is 0. The van der Waals surface area contributed by atoms with Crippen LogP contribution in [0.1, 0.15) is 18.4 Å². The molecule has 1 aliphatic heterocycles. The van der Waals surface area contributed by atoms with Crippen molar-refractivity contribution in [3.05, 3.63) is 42.4 Å². The van der Waals surface area contributed by atoms with E-state index in [1.54, 1.807) is 18.3 Å². The number of anilines is 1. The molecule has 0 N–H and O–H groups in total. The van der Waals surface area contributed by atoms with Crippen LogP contribution in [-0.2, 0) is 11.3 Å². The molecule has 3 heterocycles. The van der Waals surface area contributed by atoms with E-state index in [9.17, 15) is 4.79 Å². The van der Waals surface area contributed by atoms with E-state index in [2.05, 4.69) is 10.1 Å². The second-order valence-corrected chi connectivity index (χ2v) is 5.98. The number of carbonyl (C=O) groups excluding carboxylic acids is 1. The standard InChI is InChI=1S/C17H20N6O/c1-21(16-6-5-14(10-18)11-19-16)13-17(24)23-9-2-4-15(23)12-22-8-3-7-20-22/h3,5-8,11,15H,2,4,9,12-13H2,1H3. The molecule has 0 bridgehead atoms. The first-order valence-corrected chi connectivity index (χ1v) is 8.01. The molecule has 0 aromatic carbocycles. The normalized spacial score (nSPS) is 16.8. The van der Waals surface area contributed by atoms with Crippen molar-refractivity contribution in [2.24, 2.45) is 0 Å². The first kappa shape index (κ1) is 16.0. The maximum atomic E-state index is 12.7.